The third-order valence-corrected chi connectivity index (χ3v) is 4.25. The summed E-state index contributed by atoms with van der Waals surface area (Å²) in [5.74, 6) is -0.204. The van der Waals surface area contributed by atoms with Crippen molar-refractivity contribution in [1.82, 2.24) is 14.1 Å². The van der Waals surface area contributed by atoms with Crippen molar-refractivity contribution in [3.63, 3.8) is 0 Å². The molecule has 0 fully saturated rings. The maximum absolute atomic E-state index is 12.5. The standard InChI is InChI=1S/C17H15ClN4O4/c1-21-14-9(16(24)22(2)17(21)25)7-8-12(19-14)15(23)20-11-6-4-5-10(18)13(11)26-3/h4-8H,1-3H3,(H,20,23). The van der Waals surface area contributed by atoms with E-state index in [1.54, 1.807) is 18.2 Å². The molecule has 0 aliphatic carbocycles. The number of aryl methyl sites for hydroxylation is 1. The number of carbonyl (C=O) groups is 1. The molecular formula is C17H15ClN4O4. The molecule has 26 heavy (non-hydrogen) atoms. The fraction of sp³-hybridized carbons (Fsp3) is 0.176. The molecule has 0 saturated heterocycles. The van der Waals surface area contributed by atoms with Gasteiger partial charge >= 0.3 is 5.69 Å². The minimum absolute atomic E-state index is 0.0442. The van der Waals surface area contributed by atoms with Crippen LogP contribution < -0.4 is 21.3 Å². The number of hydrogen-bond acceptors (Lipinski definition) is 5. The number of halogens is 1. The fourth-order valence-corrected chi connectivity index (χ4v) is 2.83. The number of carbonyl (C=O) groups excluding carboxylic acids is 1. The Morgan fingerprint density at radius 1 is 1.15 bits per heavy atom. The number of rotatable bonds is 3. The molecule has 0 bridgehead atoms. The average molecular weight is 375 g/mol. The SMILES string of the molecule is COc1c(Cl)cccc1NC(=O)c1ccc2c(=O)n(C)c(=O)n(C)c2n1. The van der Waals surface area contributed by atoms with E-state index in [0.717, 1.165) is 4.57 Å². The van der Waals surface area contributed by atoms with Gasteiger partial charge in [0.25, 0.3) is 11.5 Å². The molecule has 1 aromatic carbocycles. The normalized spacial score (nSPS) is 10.8. The van der Waals surface area contributed by atoms with Crippen molar-refractivity contribution in [2.75, 3.05) is 12.4 Å². The summed E-state index contributed by atoms with van der Waals surface area (Å²) in [5, 5.41) is 3.25. The Bertz CT molecular complexity index is 1150. The summed E-state index contributed by atoms with van der Waals surface area (Å²) in [7, 11) is 4.31. The Kier molecular flexibility index (Phi) is 4.52. The van der Waals surface area contributed by atoms with Crippen molar-refractivity contribution in [1.29, 1.82) is 0 Å². The average Bonchev–Trinajstić information content (AvgIpc) is 2.64. The molecule has 0 aliphatic rings. The predicted molar refractivity (Wildman–Crippen MR) is 98.2 cm³/mol. The first kappa shape index (κ1) is 17.7. The second kappa shape index (κ2) is 6.64. The summed E-state index contributed by atoms with van der Waals surface area (Å²) in [5.41, 5.74) is -0.445. The lowest BCUT2D eigenvalue weighted by Gasteiger charge is -2.12. The highest BCUT2D eigenvalue weighted by Crippen LogP contribution is 2.32. The molecule has 2 heterocycles. The minimum Gasteiger partial charge on any atom is -0.493 e. The zero-order valence-electron chi connectivity index (χ0n) is 14.2. The van der Waals surface area contributed by atoms with E-state index in [4.69, 9.17) is 16.3 Å². The van der Waals surface area contributed by atoms with Gasteiger partial charge in [0, 0.05) is 14.1 Å². The molecule has 0 atom stereocenters. The summed E-state index contributed by atoms with van der Waals surface area (Å²) in [4.78, 5) is 40.9. The van der Waals surface area contributed by atoms with Crippen LogP contribution >= 0.6 is 11.6 Å². The van der Waals surface area contributed by atoms with Crippen LogP contribution in [0, 0.1) is 0 Å². The van der Waals surface area contributed by atoms with Crippen molar-refractivity contribution in [2.45, 2.75) is 0 Å². The molecule has 0 saturated carbocycles. The highest BCUT2D eigenvalue weighted by atomic mass is 35.5. The number of pyridine rings is 1. The molecule has 0 radical (unpaired) electrons. The second-order valence-corrected chi connectivity index (χ2v) is 5.96. The van der Waals surface area contributed by atoms with Gasteiger partial charge in [0.1, 0.15) is 11.3 Å². The second-order valence-electron chi connectivity index (χ2n) is 5.55. The smallest absolute Gasteiger partial charge is 0.332 e. The molecule has 0 unspecified atom stereocenters. The quantitative estimate of drug-likeness (QED) is 0.750. The van der Waals surface area contributed by atoms with Gasteiger partial charge in [0.05, 0.1) is 23.2 Å². The molecule has 3 rings (SSSR count). The van der Waals surface area contributed by atoms with Gasteiger partial charge in [0.2, 0.25) is 0 Å². The molecular weight excluding hydrogens is 360 g/mol. The van der Waals surface area contributed by atoms with Crippen LogP contribution in [-0.4, -0.2) is 27.1 Å². The fourth-order valence-electron chi connectivity index (χ4n) is 2.58. The van der Waals surface area contributed by atoms with Crippen LogP contribution in [0.3, 0.4) is 0 Å². The van der Waals surface area contributed by atoms with E-state index in [-0.39, 0.29) is 16.7 Å². The number of hydrogen-bond donors (Lipinski definition) is 1. The van der Waals surface area contributed by atoms with Crippen molar-refractivity contribution in [2.24, 2.45) is 14.1 Å². The van der Waals surface area contributed by atoms with Gasteiger partial charge in [-0.15, -0.1) is 0 Å². The van der Waals surface area contributed by atoms with Gasteiger partial charge in [0.15, 0.2) is 5.75 Å². The maximum Gasteiger partial charge on any atom is 0.332 e. The first-order chi connectivity index (χ1) is 12.3. The van der Waals surface area contributed by atoms with E-state index in [1.165, 1.54) is 37.9 Å². The molecule has 0 spiro atoms. The summed E-state index contributed by atoms with van der Waals surface area (Å²) >= 11 is 6.04. The first-order valence-corrected chi connectivity index (χ1v) is 7.93. The predicted octanol–water partition coefficient (Wildman–Crippen LogP) is 1.55. The molecule has 9 heteroatoms. The minimum atomic E-state index is -0.527. The molecule has 2 aromatic heterocycles. The highest BCUT2D eigenvalue weighted by Gasteiger charge is 2.16. The zero-order chi connectivity index (χ0) is 19.0. The Morgan fingerprint density at radius 2 is 1.88 bits per heavy atom. The van der Waals surface area contributed by atoms with E-state index in [0.29, 0.717) is 16.5 Å². The van der Waals surface area contributed by atoms with Crippen molar-refractivity contribution < 1.29 is 9.53 Å². The Morgan fingerprint density at radius 3 is 2.58 bits per heavy atom. The van der Waals surface area contributed by atoms with Crippen LogP contribution in [0.15, 0.2) is 39.9 Å². The molecule has 3 aromatic rings. The number of anilines is 1. The number of amides is 1. The van der Waals surface area contributed by atoms with E-state index in [1.807, 2.05) is 0 Å². The van der Waals surface area contributed by atoms with E-state index in [9.17, 15) is 14.4 Å². The molecule has 1 amide bonds. The van der Waals surface area contributed by atoms with Gasteiger partial charge in [-0.25, -0.2) is 9.78 Å². The number of ether oxygens (including phenoxy) is 1. The van der Waals surface area contributed by atoms with Gasteiger partial charge < -0.3 is 10.1 Å². The number of nitrogens with one attached hydrogen (secondary N) is 1. The zero-order valence-corrected chi connectivity index (χ0v) is 15.0. The molecule has 8 nitrogen and oxygen atoms in total. The Labute approximate surface area is 152 Å². The largest absolute Gasteiger partial charge is 0.493 e. The highest BCUT2D eigenvalue weighted by molar-refractivity contribution is 6.32. The summed E-state index contributed by atoms with van der Waals surface area (Å²) in [6.07, 6.45) is 0. The topological polar surface area (TPSA) is 95.2 Å². The lowest BCUT2D eigenvalue weighted by molar-refractivity contribution is 0.102. The van der Waals surface area contributed by atoms with Crippen molar-refractivity contribution in [3.05, 3.63) is 61.9 Å². The number of nitrogens with zero attached hydrogens (tertiary/aromatic N) is 3. The summed E-state index contributed by atoms with van der Waals surface area (Å²) in [6.45, 7) is 0. The van der Waals surface area contributed by atoms with Gasteiger partial charge in [-0.1, -0.05) is 17.7 Å². The van der Waals surface area contributed by atoms with E-state index < -0.39 is 17.2 Å². The van der Waals surface area contributed by atoms with E-state index >= 15 is 0 Å². The third kappa shape index (κ3) is 2.84. The van der Waals surface area contributed by atoms with Crippen molar-refractivity contribution >= 4 is 34.2 Å². The van der Waals surface area contributed by atoms with E-state index in [2.05, 4.69) is 10.3 Å². The summed E-state index contributed by atoms with van der Waals surface area (Å²) in [6, 6.07) is 7.82. The Hall–Kier alpha value is -3.13. The third-order valence-electron chi connectivity index (χ3n) is 3.95. The maximum atomic E-state index is 12.5. The Balaban J connectivity index is 2.07. The molecule has 134 valence electrons. The van der Waals surface area contributed by atoms with Crippen LogP contribution in [0.25, 0.3) is 11.0 Å². The lowest BCUT2D eigenvalue weighted by atomic mass is 10.2. The number of aromatic nitrogens is 3. The molecule has 0 aliphatic heterocycles. The number of para-hydroxylation sites is 1. The van der Waals surface area contributed by atoms with Crippen molar-refractivity contribution in [3.8, 4) is 5.75 Å². The van der Waals surface area contributed by atoms with Gasteiger partial charge in [-0.3, -0.25) is 18.7 Å². The lowest BCUT2D eigenvalue weighted by Crippen LogP contribution is -2.37. The van der Waals surface area contributed by atoms with Crippen LogP contribution in [0.4, 0.5) is 5.69 Å². The molecule has 1 N–H and O–H groups in total. The number of fused-ring (bicyclic) bond motifs is 1. The monoisotopic (exact) mass is 374 g/mol. The van der Waals surface area contributed by atoms with Crippen LogP contribution in [0.2, 0.25) is 5.02 Å². The number of methoxy groups -OCH3 is 1. The van der Waals surface area contributed by atoms with Gasteiger partial charge in [-0.05, 0) is 24.3 Å². The van der Waals surface area contributed by atoms with Crippen LogP contribution in [-0.2, 0) is 14.1 Å². The number of benzene rings is 1. The van der Waals surface area contributed by atoms with Crippen LogP contribution in [0.1, 0.15) is 10.5 Å². The summed E-state index contributed by atoms with van der Waals surface area (Å²) < 4.78 is 7.39. The first-order valence-electron chi connectivity index (χ1n) is 7.55. The van der Waals surface area contributed by atoms with Gasteiger partial charge in [-0.2, -0.15) is 0 Å². The van der Waals surface area contributed by atoms with Crippen LogP contribution in [0.5, 0.6) is 5.75 Å².